The van der Waals surface area contributed by atoms with Crippen LogP contribution in [0.25, 0.3) is 27.9 Å². The number of rotatable bonds is 6. The summed E-state index contributed by atoms with van der Waals surface area (Å²) in [6, 6.07) is 15.5. The molecule has 162 valence electrons. The monoisotopic (exact) mass is 428 g/mol. The van der Waals surface area contributed by atoms with E-state index in [2.05, 4.69) is 27.3 Å². The first-order chi connectivity index (χ1) is 15.6. The maximum Gasteiger partial charge on any atom is 0.267 e. The van der Waals surface area contributed by atoms with Gasteiger partial charge in [-0.25, -0.2) is 9.97 Å². The predicted octanol–water partition coefficient (Wildman–Crippen LogP) is 3.94. The third-order valence-electron chi connectivity index (χ3n) is 5.75. The first-order valence-corrected chi connectivity index (χ1v) is 10.7. The van der Waals surface area contributed by atoms with E-state index < -0.39 is 0 Å². The Balaban J connectivity index is 1.52. The van der Waals surface area contributed by atoms with Gasteiger partial charge in [-0.1, -0.05) is 31.6 Å². The van der Waals surface area contributed by atoms with Gasteiger partial charge in [-0.05, 0) is 49.2 Å². The summed E-state index contributed by atoms with van der Waals surface area (Å²) in [5.74, 6) is 1.47. The summed E-state index contributed by atoms with van der Waals surface area (Å²) in [4.78, 5) is 22.1. The molecular formula is C24H24N6O2. The number of ether oxygens (including phenoxy) is 1. The number of carbonyl (C=O) groups excluding carboxylic acids is 1. The maximum atomic E-state index is 12.6. The molecule has 1 saturated carbocycles. The number of para-hydroxylation sites is 1. The van der Waals surface area contributed by atoms with Gasteiger partial charge in [-0.15, -0.1) is 5.10 Å². The number of hydrogen-bond donors (Lipinski definition) is 2. The van der Waals surface area contributed by atoms with Crippen molar-refractivity contribution in [3.8, 4) is 17.1 Å². The van der Waals surface area contributed by atoms with E-state index in [1.807, 2.05) is 48.5 Å². The Labute approximate surface area is 185 Å². The molecule has 0 aliphatic heterocycles. The zero-order valence-corrected chi connectivity index (χ0v) is 17.8. The third kappa shape index (κ3) is 3.75. The van der Waals surface area contributed by atoms with Gasteiger partial charge >= 0.3 is 0 Å². The number of hydrogen-bond acceptors (Lipinski definition) is 6. The van der Waals surface area contributed by atoms with Gasteiger partial charge in [-0.3, -0.25) is 4.79 Å². The second-order valence-electron chi connectivity index (χ2n) is 7.91. The first-order valence-electron chi connectivity index (χ1n) is 10.7. The Kier molecular flexibility index (Phi) is 5.18. The zero-order chi connectivity index (χ0) is 22.1. The Morgan fingerprint density at radius 1 is 1.09 bits per heavy atom. The standard InChI is InChI=1S/C24H24N6O2/c1-15(23(31)26-17-7-3-4-8-17)25-24-27-20-10-6-5-9-19(20)22-28-21(29-30(22)24)16-11-13-18(32-2)14-12-16/h5-6,9-14,17H,1,3-4,7-8H2,2H3,(H,25,27)(H,26,31). The van der Waals surface area contributed by atoms with E-state index in [1.54, 1.807) is 11.6 Å². The summed E-state index contributed by atoms with van der Waals surface area (Å²) in [7, 11) is 1.63. The van der Waals surface area contributed by atoms with E-state index >= 15 is 0 Å². The molecular weight excluding hydrogens is 404 g/mol. The van der Waals surface area contributed by atoms with E-state index in [1.165, 1.54) is 0 Å². The lowest BCUT2D eigenvalue weighted by molar-refractivity contribution is -0.118. The molecule has 0 saturated heterocycles. The average Bonchev–Trinajstić information content (AvgIpc) is 3.49. The largest absolute Gasteiger partial charge is 0.497 e. The Morgan fingerprint density at radius 3 is 2.59 bits per heavy atom. The molecule has 8 nitrogen and oxygen atoms in total. The van der Waals surface area contributed by atoms with Crippen molar-refractivity contribution < 1.29 is 9.53 Å². The highest BCUT2D eigenvalue weighted by Crippen LogP contribution is 2.26. The molecule has 1 aliphatic rings. The molecule has 1 fully saturated rings. The van der Waals surface area contributed by atoms with Gasteiger partial charge in [-0.2, -0.15) is 4.52 Å². The minimum absolute atomic E-state index is 0.207. The molecule has 0 atom stereocenters. The Hall–Kier alpha value is -3.94. The van der Waals surface area contributed by atoms with E-state index in [0.29, 0.717) is 17.4 Å². The van der Waals surface area contributed by atoms with Crippen LogP contribution in [0.4, 0.5) is 5.95 Å². The van der Waals surface area contributed by atoms with Gasteiger partial charge in [0.05, 0.1) is 18.3 Å². The number of carbonyl (C=O) groups is 1. The van der Waals surface area contributed by atoms with Crippen molar-refractivity contribution in [1.29, 1.82) is 0 Å². The van der Waals surface area contributed by atoms with Crippen molar-refractivity contribution in [1.82, 2.24) is 24.9 Å². The van der Waals surface area contributed by atoms with Crippen LogP contribution in [0.3, 0.4) is 0 Å². The van der Waals surface area contributed by atoms with Crippen molar-refractivity contribution in [3.63, 3.8) is 0 Å². The van der Waals surface area contributed by atoms with E-state index in [-0.39, 0.29) is 17.6 Å². The summed E-state index contributed by atoms with van der Waals surface area (Å²) in [6.45, 7) is 3.92. The lowest BCUT2D eigenvalue weighted by Gasteiger charge is -2.14. The Morgan fingerprint density at radius 2 is 1.84 bits per heavy atom. The molecule has 5 rings (SSSR count). The summed E-state index contributed by atoms with van der Waals surface area (Å²) >= 11 is 0. The number of methoxy groups -OCH3 is 1. The van der Waals surface area contributed by atoms with Crippen LogP contribution in [-0.2, 0) is 4.79 Å². The lowest BCUT2D eigenvalue weighted by Crippen LogP contribution is -2.35. The fourth-order valence-electron chi connectivity index (χ4n) is 4.03. The SMILES string of the molecule is C=C(Nc1nc2ccccc2c2nc(-c3ccc(OC)cc3)nn12)C(=O)NC1CCCC1. The lowest BCUT2D eigenvalue weighted by atomic mass is 10.2. The van der Waals surface area contributed by atoms with Crippen LogP contribution in [0.2, 0.25) is 0 Å². The normalized spacial score (nSPS) is 14.0. The third-order valence-corrected chi connectivity index (χ3v) is 5.75. The van der Waals surface area contributed by atoms with Gasteiger partial charge < -0.3 is 15.4 Å². The minimum Gasteiger partial charge on any atom is -0.497 e. The number of amides is 1. The second kappa shape index (κ2) is 8.30. The van der Waals surface area contributed by atoms with Gasteiger partial charge in [0.15, 0.2) is 11.5 Å². The number of nitrogens with zero attached hydrogens (tertiary/aromatic N) is 4. The summed E-state index contributed by atoms with van der Waals surface area (Å²) in [6.07, 6.45) is 4.30. The van der Waals surface area contributed by atoms with Crippen molar-refractivity contribution >= 4 is 28.4 Å². The van der Waals surface area contributed by atoms with Gasteiger partial charge in [0, 0.05) is 17.0 Å². The van der Waals surface area contributed by atoms with Gasteiger partial charge in [0.2, 0.25) is 5.95 Å². The molecule has 0 radical (unpaired) electrons. The number of aromatic nitrogens is 4. The average molecular weight is 428 g/mol. The van der Waals surface area contributed by atoms with Crippen LogP contribution in [-0.4, -0.2) is 38.6 Å². The number of anilines is 1. The van der Waals surface area contributed by atoms with Gasteiger partial charge in [0.25, 0.3) is 5.91 Å². The molecule has 2 N–H and O–H groups in total. The van der Waals surface area contributed by atoms with Crippen LogP contribution < -0.4 is 15.4 Å². The summed E-state index contributed by atoms with van der Waals surface area (Å²) in [5, 5.41) is 11.6. The molecule has 0 spiro atoms. The van der Waals surface area contributed by atoms with Crippen LogP contribution in [0.1, 0.15) is 25.7 Å². The summed E-state index contributed by atoms with van der Waals surface area (Å²) in [5.41, 5.74) is 2.47. The molecule has 1 amide bonds. The minimum atomic E-state index is -0.226. The highest BCUT2D eigenvalue weighted by atomic mass is 16.5. The molecule has 2 aromatic heterocycles. The fourth-order valence-corrected chi connectivity index (χ4v) is 4.03. The molecule has 4 aromatic rings. The quantitative estimate of drug-likeness (QED) is 0.452. The van der Waals surface area contributed by atoms with Crippen LogP contribution in [0.15, 0.2) is 60.8 Å². The number of benzene rings is 2. The zero-order valence-electron chi connectivity index (χ0n) is 17.8. The van der Waals surface area contributed by atoms with Crippen LogP contribution in [0.5, 0.6) is 5.75 Å². The topological polar surface area (TPSA) is 93.4 Å². The first kappa shape index (κ1) is 20.0. The molecule has 0 unspecified atom stereocenters. The van der Waals surface area contributed by atoms with Crippen molar-refractivity contribution in [2.24, 2.45) is 0 Å². The fraction of sp³-hybridized carbons (Fsp3) is 0.250. The van der Waals surface area contributed by atoms with E-state index in [9.17, 15) is 4.79 Å². The van der Waals surface area contributed by atoms with Gasteiger partial charge in [0.1, 0.15) is 5.75 Å². The maximum absolute atomic E-state index is 12.6. The smallest absolute Gasteiger partial charge is 0.267 e. The molecule has 1 aliphatic carbocycles. The van der Waals surface area contributed by atoms with Crippen molar-refractivity contribution in [2.45, 2.75) is 31.7 Å². The molecule has 32 heavy (non-hydrogen) atoms. The summed E-state index contributed by atoms with van der Waals surface area (Å²) < 4.78 is 6.86. The van der Waals surface area contributed by atoms with Crippen molar-refractivity contribution in [3.05, 3.63) is 60.8 Å². The van der Waals surface area contributed by atoms with Crippen LogP contribution >= 0.6 is 0 Å². The molecule has 8 heteroatoms. The predicted molar refractivity (Wildman–Crippen MR) is 123 cm³/mol. The Bertz CT molecular complexity index is 1310. The van der Waals surface area contributed by atoms with Crippen molar-refractivity contribution in [2.75, 3.05) is 12.4 Å². The highest BCUT2D eigenvalue weighted by molar-refractivity contribution is 5.97. The number of fused-ring (bicyclic) bond motifs is 3. The van der Waals surface area contributed by atoms with E-state index in [0.717, 1.165) is 47.9 Å². The number of nitrogens with one attached hydrogen (secondary N) is 2. The molecule has 2 heterocycles. The molecule has 2 aromatic carbocycles. The highest BCUT2D eigenvalue weighted by Gasteiger charge is 2.20. The molecule has 0 bridgehead atoms. The van der Waals surface area contributed by atoms with Crippen LogP contribution in [0, 0.1) is 0 Å². The van der Waals surface area contributed by atoms with E-state index in [4.69, 9.17) is 9.72 Å². The second-order valence-corrected chi connectivity index (χ2v) is 7.91.